The van der Waals surface area contributed by atoms with Crippen molar-refractivity contribution in [3.63, 3.8) is 0 Å². The summed E-state index contributed by atoms with van der Waals surface area (Å²) < 4.78 is 16.2. The van der Waals surface area contributed by atoms with Crippen molar-refractivity contribution in [1.82, 2.24) is 4.90 Å². The highest BCUT2D eigenvalue weighted by molar-refractivity contribution is 5.76. The summed E-state index contributed by atoms with van der Waals surface area (Å²) in [5, 5.41) is 0. The molecule has 0 fully saturated rings. The highest BCUT2D eigenvalue weighted by Gasteiger charge is 2.11. The van der Waals surface area contributed by atoms with Crippen LogP contribution in [0.25, 0.3) is 0 Å². The molecule has 0 aliphatic rings. The molecule has 2 aromatic rings. The zero-order valence-corrected chi connectivity index (χ0v) is 16.0. The maximum atomic E-state index is 12.3. The zero-order valence-electron chi connectivity index (χ0n) is 16.0. The molecule has 0 spiro atoms. The van der Waals surface area contributed by atoms with Gasteiger partial charge in [-0.05, 0) is 48.7 Å². The molecule has 5 heteroatoms. The van der Waals surface area contributed by atoms with Gasteiger partial charge in [0, 0.05) is 13.5 Å². The highest BCUT2D eigenvalue weighted by atomic mass is 16.5. The van der Waals surface area contributed by atoms with Gasteiger partial charge in [-0.1, -0.05) is 18.2 Å². The molecule has 0 atom stereocenters. The summed E-state index contributed by atoms with van der Waals surface area (Å²) in [5.41, 5.74) is 2.20. The van der Waals surface area contributed by atoms with Gasteiger partial charge >= 0.3 is 0 Å². The van der Waals surface area contributed by atoms with E-state index in [4.69, 9.17) is 14.2 Å². The molecule has 0 heterocycles. The van der Waals surface area contributed by atoms with Crippen molar-refractivity contribution in [3.05, 3.63) is 53.6 Å². The number of carbonyl (C=O) groups excluding carboxylic acids is 1. The van der Waals surface area contributed by atoms with Gasteiger partial charge in [0.2, 0.25) is 5.91 Å². The second-order valence-corrected chi connectivity index (χ2v) is 6.17. The molecule has 2 rings (SSSR count). The number of ether oxygens (including phenoxy) is 3. The van der Waals surface area contributed by atoms with Crippen molar-refractivity contribution >= 4 is 5.91 Å². The summed E-state index contributed by atoms with van der Waals surface area (Å²) in [6, 6.07) is 13.6. The van der Waals surface area contributed by atoms with E-state index >= 15 is 0 Å². The first kappa shape index (κ1) is 19.6. The number of rotatable bonds is 9. The second kappa shape index (κ2) is 9.70. The van der Waals surface area contributed by atoms with Crippen molar-refractivity contribution in [2.75, 3.05) is 34.4 Å². The van der Waals surface area contributed by atoms with Gasteiger partial charge in [-0.3, -0.25) is 4.79 Å². The van der Waals surface area contributed by atoms with E-state index in [-0.39, 0.29) is 5.91 Å². The summed E-state index contributed by atoms with van der Waals surface area (Å²) in [6.45, 7) is 3.05. The summed E-state index contributed by atoms with van der Waals surface area (Å²) in [6.07, 6.45) is 1.10. The Kier molecular flexibility index (Phi) is 7.33. The minimum atomic E-state index is 0.0904. The first-order valence-electron chi connectivity index (χ1n) is 8.68. The molecule has 0 aromatic heterocycles. The zero-order chi connectivity index (χ0) is 18.9. The maximum Gasteiger partial charge on any atom is 0.222 e. The lowest BCUT2D eigenvalue weighted by molar-refractivity contribution is -0.130. The number of hydrogen-bond acceptors (Lipinski definition) is 4. The number of carbonyl (C=O) groups is 1. The van der Waals surface area contributed by atoms with Crippen molar-refractivity contribution in [1.29, 1.82) is 0 Å². The van der Waals surface area contributed by atoms with Crippen LogP contribution in [0.2, 0.25) is 0 Å². The van der Waals surface area contributed by atoms with Crippen molar-refractivity contribution < 1.29 is 19.0 Å². The van der Waals surface area contributed by atoms with Gasteiger partial charge in [0.25, 0.3) is 0 Å². The molecule has 26 heavy (non-hydrogen) atoms. The van der Waals surface area contributed by atoms with Crippen LogP contribution in [0.4, 0.5) is 0 Å². The molecular formula is C21H27NO4. The Balaban J connectivity index is 1.78. The van der Waals surface area contributed by atoms with Gasteiger partial charge in [-0.25, -0.2) is 0 Å². The molecule has 1 amide bonds. The molecule has 0 bridgehead atoms. The van der Waals surface area contributed by atoms with Crippen molar-refractivity contribution in [2.24, 2.45) is 0 Å². The third kappa shape index (κ3) is 5.69. The molecule has 0 saturated heterocycles. The van der Waals surface area contributed by atoms with Gasteiger partial charge in [0.1, 0.15) is 12.4 Å². The molecule has 0 aliphatic carbocycles. The average Bonchev–Trinajstić information content (AvgIpc) is 2.65. The molecule has 0 saturated carbocycles. The van der Waals surface area contributed by atoms with Crippen LogP contribution in [0.1, 0.15) is 17.5 Å². The smallest absolute Gasteiger partial charge is 0.222 e. The van der Waals surface area contributed by atoms with E-state index in [0.717, 1.165) is 16.9 Å². The second-order valence-electron chi connectivity index (χ2n) is 6.17. The average molecular weight is 357 g/mol. The first-order valence-corrected chi connectivity index (χ1v) is 8.68. The molecule has 0 N–H and O–H groups in total. The first-order chi connectivity index (χ1) is 12.5. The molecular weight excluding hydrogens is 330 g/mol. The van der Waals surface area contributed by atoms with Gasteiger partial charge in [0.15, 0.2) is 11.5 Å². The van der Waals surface area contributed by atoms with Crippen LogP contribution in [0.15, 0.2) is 42.5 Å². The molecule has 0 aliphatic heterocycles. The Bertz CT molecular complexity index is 730. The number of likely N-dealkylation sites (N-methyl/N-ethyl adjacent to an activating group) is 1. The van der Waals surface area contributed by atoms with E-state index in [2.05, 4.69) is 0 Å². The van der Waals surface area contributed by atoms with Crippen LogP contribution in [-0.2, 0) is 11.2 Å². The largest absolute Gasteiger partial charge is 0.493 e. The van der Waals surface area contributed by atoms with Crippen molar-refractivity contribution in [3.8, 4) is 17.2 Å². The number of hydrogen-bond donors (Lipinski definition) is 0. The van der Waals surface area contributed by atoms with Gasteiger partial charge in [-0.2, -0.15) is 0 Å². The fourth-order valence-electron chi connectivity index (χ4n) is 2.61. The number of aryl methyl sites for hydroxylation is 2. The summed E-state index contributed by atoms with van der Waals surface area (Å²) >= 11 is 0. The van der Waals surface area contributed by atoms with Gasteiger partial charge in [-0.15, -0.1) is 0 Å². The van der Waals surface area contributed by atoms with E-state index < -0.39 is 0 Å². The van der Waals surface area contributed by atoms with E-state index in [9.17, 15) is 4.79 Å². The number of benzene rings is 2. The Morgan fingerprint density at radius 1 is 1.04 bits per heavy atom. The van der Waals surface area contributed by atoms with Crippen LogP contribution in [0.5, 0.6) is 17.2 Å². The Morgan fingerprint density at radius 3 is 2.50 bits per heavy atom. The normalized spacial score (nSPS) is 10.3. The van der Waals surface area contributed by atoms with Crippen LogP contribution in [0, 0.1) is 6.92 Å². The standard InChI is InChI=1S/C21H27NO4/c1-16-6-5-7-18(14-16)26-13-12-22(2)21(23)11-9-17-8-10-19(24-3)20(15-17)25-4/h5-8,10,14-15H,9,11-13H2,1-4H3. The number of amides is 1. The van der Waals surface area contributed by atoms with Gasteiger partial charge < -0.3 is 19.1 Å². The Labute approximate surface area is 155 Å². The molecule has 140 valence electrons. The monoisotopic (exact) mass is 357 g/mol. The fraction of sp³-hybridized carbons (Fsp3) is 0.381. The predicted molar refractivity (Wildman–Crippen MR) is 102 cm³/mol. The summed E-state index contributed by atoms with van der Waals surface area (Å²) in [7, 11) is 5.01. The summed E-state index contributed by atoms with van der Waals surface area (Å²) in [4.78, 5) is 14.0. The fourth-order valence-corrected chi connectivity index (χ4v) is 2.61. The minimum Gasteiger partial charge on any atom is -0.493 e. The predicted octanol–water partition coefficient (Wildman–Crippen LogP) is 3.48. The topological polar surface area (TPSA) is 48.0 Å². The van der Waals surface area contributed by atoms with E-state index in [1.54, 1.807) is 26.2 Å². The summed E-state index contributed by atoms with van der Waals surface area (Å²) in [5.74, 6) is 2.29. The molecule has 5 nitrogen and oxygen atoms in total. The molecule has 2 aromatic carbocycles. The van der Waals surface area contributed by atoms with E-state index in [1.807, 2.05) is 49.4 Å². The lowest BCUT2D eigenvalue weighted by Crippen LogP contribution is -2.31. The third-order valence-corrected chi connectivity index (χ3v) is 4.19. The lowest BCUT2D eigenvalue weighted by atomic mass is 10.1. The SMILES string of the molecule is COc1ccc(CCC(=O)N(C)CCOc2cccc(C)c2)cc1OC. The quantitative estimate of drug-likeness (QED) is 0.689. The van der Waals surface area contributed by atoms with Crippen LogP contribution in [-0.4, -0.2) is 45.2 Å². The lowest BCUT2D eigenvalue weighted by Gasteiger charge is -2.18. The number of nitrogens with zero attached hydrogens (tertiary/aromatic N) is 1. The molecule has 0 radical (unpaired) electrons. The van der Waals surface area contributed by atoms with Crippen LogP contribution >= 0.6 is 0 Å². The minimum absolute atomic E-state index is 0.0904. The Morgan fingerprint density at radius 2 is 1.81 bits per heavy atom. The van der Waals surface area contributed by atoms with E-state index in [0.29, 0.717) is 37.5 Å². The van der Waals surface area contributed by atoms with Crippen LogP contribution < -0.4 is 14.2 Å². The Hall–Kier alpha value is -2.69. The van der Waals surface area contributed by atoms with Gasteiger partial charge in [0.05, 0.1) is 20.8 Å². The highest BCUT2D eigenvalue weighted by Crippen LogP contribution is 2.28. The van der Waals surface area contributed by atoms with E-state index in [1.165, 1.54) is 0 Å². The number of methoxy groups -OCH3 is 2. The van der Waals surface area contributed by atoms with Crippen molar-refractivity contribution in [2.45, 2.75) is 19.8 Å². The maximum absolute atomic E-state index is 12.3. The third-order valence-electron chi connectivity index (χ3n) is 4.19. The van der Waals surface area contributed by atoms with Crippen LogP contribution in [0.3, 0.4) is 0 Å². The molecule has 0 unspecified atom stereocenters.